The maximum Gasteiger partial charge on any atom is 0.338 e. The van der Waals surface area contributed by atoms with Crippen LogP contribution in [0.4, 0.5) is 9.18 Å². The van der Waals surface area contributed by atoms with Crippen molar-refractivity contribution < 1.29 is 28.2 Å². The van der Waals surface area contributed by atoms with Crippen LogP contribution in [0.2, 0.25) is 0 Å². The molecule has 2 N–H and O–H groups in total. The SMILES string of the molecule is CC1=C(C(=O)OCc2ccc3c(c2)OCO3)[C@@H](c2ccccc2F)NC(=O)N1. The smallest absolute Gasteiger partial charge is 0.338 e. The van der Waals surface area contributed by atoms with Gasteiger partial charge in [-0.25, -0.2) is 14.0 Å². The van der Waals surface area contributed by atoms with E-state index < -0.39 is 23.9 Å². The second-order valence-electron chi connectivity index (χ2n) is 6.36. The van der Waals surface area contributed by atoms with Crippen molar-refractivity contribution in [3.63, 3.8) is 0 Å². The summed E-state index contributed by atoms with van der Waals surface area (Å²) in [5, 5.41) is 5.11. The van der Waals surface area contributed by atoms with Crippen molar-refractivity contribution in [2.24, 2.45) is 0 Å². The highest BCUT2D eigenvalue weighted by Gasteiger charge is 2.33. The third-order valence-electron chi connectivity index (χ3n) is 4.51. The number of ether oxygens (including phenoxy) is 3. The fourth-order valence-corrected chi connectivity index (χ4v) is 3.16. The van der Waals surface area contributed by atoms with Gasteiger partial charge in [-0.15, -0.1) is 0 Å². The maximum atomic E-state index is 14.3. The molecule has 0 aromatic heterocycles. The summed E-state index contributed by atoms with van der Waals surface area (Å²) < 4.78 is 30.2. The van der Waals surface area contributed by atoms with Gasteiger partial charge in [-0.2, -0.15) is 0 Å². The van der Waals surface area contributed by atoms with Crippen LogP contribution in [0.15, 0.2) is 53.7 Å². The molecule has 2 aliphatic rings. The molecule has 0 unspecified atom stereocenters. The number of rotatable bonds is 4. The first-order valence-electron chi connectivity index (χ1n) is 8.61. The number of fused-ring (bicyclic) bond motifs is 1. The Labute approximate surface area is 160 Å². The molecule has 4 rings (SSSR count). The van der Waals surface area contributed by atoms with Gasteiger partial charge >= 0.3 is 12.0 Å². The second-order valence-corrected chi connectivity index (χ2v) is 6.36. The van der Waals surface area contributed by atoms with Gasteiger partial charge in [-0.05, 0) is 30.7 Å². The molecule has 8 heteroatoms. The number of carbonyl (C=O) groups excluding carboxylic acids is 2. The first-order valence-corrected chi connectivity index (χ1v) is 8.61. The van der Waals surface area contributed by atoms with Gasteiger partial charge in [0.25, 0.3) is 0 Å². The van der Waals surface area contributed by atoms with E-state index in [1.54, 1.807) is 31.2 Å². The summed E-state index contributed by atoms with van der Waals surface area (Å²) >= 11 is 0. The lowest BCUT2D eigenvalue weighted by molar-refractivity contribution is -0.140. The lowest BCUT2D eigenvalue weighted by atomic mass is 9.95. The van der Waals surface area contributed by atoms with Gasteiger partial charge in [0.05, 0.1) is 11.6 Å². The van der Waals surface area contributed by atoms with Crippen LogP contribution in [0.3, 0.4) is 0 Å². The van der Waals surface area contributed by atoms with Crippen molar-refractivity contribution in [1.82, 2.24) is 10.6 Å². The molecule has 2 aliphatic heterocycles. The van der Waals surface area contributed by atoms with Crippen LogP contribution in [0, 0.1) is 5.82 Å². The fourth-order valence-electron chi connectivity index (χ4n) is 3.16. The minimum Gasteiger partial charge on any atom is -0.457 e. The molecular formula is C20H17FN2O5. The average molecular weight is 384 g/mol. The molecule has 0 saturated carbocycles. The number of urea groups is 1. The Kier molecular flexibility index (Phi) is 4.60. The van der Waals surface area contributed by atoms with Crippen molar-refractivity contribution in [3.05, 3.63) is 70.7 Å². The fraction of sp³-hybridized carbons (Fsp3) is 0.200. The molecule has 0 radical (unpaired) electrons. The summed E-state index contributed by atoms with van der Waals surface area (Å²) in [7, 11) is 0. The van der Waals surface area contributed by atoms with Crippen molar-refractivity contribution in [3.8, 4) is 11.5 Å². The summed E-state index contributed by atoms with van der Waals surface area (Å²) in [5.41, 5.74) is 1.36. The van der Waals surface area contributed by atoms with Gasteiger partial charge in [-0.3, -0.25) is 0 Å². The number of amides is 2. The van der Waals surface area contributed by atoms with E-state index in [2.05, 4.69) is 10.6 Å². The van der Waals surface area contributed by atoms with Gasteiger partial charge in [-0.1, -0.05) is 24.3 Å². The van der Waals surface area contributed by atoms with Crippen LogP contribution in [0.25, 0.3) is 0 Å². The van der Waals surface area contributed by atoms with Crippen LogP contribution in [-0.4, -0.2) is 18.8 Å². The average Bonchev–Trinajstić information content (AvgIpc) is 3.13. The summed E-state index contributed by atoms with van der Waals surface area (Å²) in [6, 6.07) is 9.73. The zero-order valence-electron chi connectivity index (χ0n) is 15.0. The Morgan fingerprint density at radius 2 is 2.00 bits per heavy atom. The lowest BCUT2D eigenvalue weighted by Crippen LogP contribution is -2.45. The molecule has 0 aliphatic carbocycles. The molecule has 0 saturated heterocycles. The Morgan fingerprint density at radius 1 is 1.21 bits per heavy atom. The highest BCUT2D eigenvalue weighted by molar-refractivity contribution is 5.95. The van der Waals surface area contributed by atoms with E-state index in [0.717, 1.165) is 0 Å². The van der Waals surface area contributed by atoms with Crippen molar-refractivity contribution in [2.45, 2.75) is 19.6 Å². The Bertz CT molecular complexity index is 988. The number of esters is 1. The Balaban J connectivity index is 1.56. The van der Waals surface area contributed by atoms with Crippen molar-refractivity contribution >= 4 is 12.0 Å². The monoisotopic (exact) mass is 384 g/mol. The van der Waals surface area contributed by atoms with E-state index in [4.69, 9.17) is 14.2 Å². The van der Waals surface area contributed by atoms with E-state index in [1.807, 2.05) is 0 Å². The van der Waals surface area contributed by atoms with E-state index in [1.165, 1.54) is 18.2 Å². The number of hydrogen-bond donors (Lipinski definition) is 2. The molecule has 2 heterocycles. The molecule has 28 heavy (non-hydrogen) atoms. The molecule has 2 amide bonds. The zero-order chi connectivity index (χ0) is 19.7. The van der Waals surface area contributed by atoms with Crippen LogP contribution < -0.4 is 20.1 Å². The number of allylic oxidation sites excluding steroid dienone is 1. The van der Waals surface area contributed by atoms with E-state index in [9.17, 15) is 14.0 Å². The number of benzene rings is 2. The molecule has 7 nitrogen and oxygen atoms in total. The van der Waals surface area contributed by atoms with Crippen LogP contribution in [0.1, 0.15) is 24.1 Å². The molecule has 0 bridgehead atoms. The largest absolute Gasteiger partial charge is 0.457 e. The van der Waals surface area contributed by atoms with E-state index in [-0.39, 0.29) is 24.5 Å². The van der Waals surface area contributed by atoms with Crippen LogP contribution >= 0.6 is 0 Å². The molecule has 2 aromatic carbocycles. The molecular weight excluding hydrogens is 367 g/mol. The summed E-state index contributed by atoms with van der Waals surface area (Å²) in [6.07, 6.45) is 0. The van der Waals surface area contributed by atoms with Gasteiger partial charge in [0, 0.05) is 11.3 Å². The number of nitrogens with one attached hydrogen (secondary N) is 2. The number of halogens is 1. The minimum atomic E-state index is -0.945. The lowest BCUT2D eigenvalue weighted by Gasteiger charge is -2.28. The molecule has 0 spiro atoms. The first-order chi connectivity index (χ1) is 13.5. The highest BCUT2D eigenvalue weighted by Crippen LogP contribution is 2.33. The quantitative estimate of drug-likeness (QED) is 0.792. The van der Waals surface area contributed by atoms with Crippen molar-refractivity contribution in [2.75, 3.05) is 6.79 Å². The summed E-state index contributed by atoms with van der Waals surface area (Å²) in [4.78, 5) is 24.6. The van der Waals surface area contributed by atoms with Crippen LogP contribution in [0.5, 0.6) is 11.5 Å². The highest BCUT2D eigenvalue weighted by atomic mass is 19.1. The molecule has 0 fully saturated rings. The Morgan fingerprint density at radius 3 is 2.82 bits per heavy atom. The van der Waals surface area contributed by atoms with Gasteiger partial charge in [0.15, 0.2) is 11.5 Å². The first kappa shape index (κ1) is 17.8. The Hall–Kier alpha value is -3.55. The minimum absolute atomic E-state index is 0.00973. The summed E-state index contributed by atoms with van der Waals surface area (Å²) in [6.45, 7) is 1.72. The number of carbonyl (C=O) groups is 2. The van der Waals surface area contributed by atoms with Gasteiger partial charge in [0.2, 0.25) is 6.79 Å². The molecule has 1 atom stereocenters. The molecule has 144 valence electrons. The van der Waals surface area contributed by atoms with Crippen LogP contribution in [-0.2, 0) is 16.1 Å². The van der Waals surface area contributed by atoms with Gasteiger partial charge < -0.3 is 24.8 Å². The zero-order valence-corrected chi connectivity index (χ0v) is 15.0. The number of hydrogen-bond acceptors (Lipinski definition) is 5. The summed E-state index contributed by atoms with van der Waals surface area (Å²) in [5.74, 6) is 0.0340. The molecule has 2 aromatic rings. The second kappa shape index (κ2) is 7.22. The maximum absolute atomic E-state index is 14.3. The third-order valence-corrected chi connectivity index (χ3v) is 4.51. The normalized spacial score (nSPS) is 17.8. The topological polar surface area (TPSA) is 85.9 Å². The third kappa shape index (κ3) is 3.36. The predicted molar refractivity (Wildman–Crippen MR) is 95.9 cm³/mol. The van der Waals surface area contributed by atoms with E-state index >= 15 is 0 Å². The van der Waals surface area contributed by atoms with E-state index in [0.29, 0.717) is 22.8 Å². The van der Waals surface area contributed by atoms with Crippen molar-refractivity contribution in [1.29, 1.82) is 0 Å². The predicted octanol–water partition coefficient (Wildman–Crippen LogP) is 2.93. The standard InChI is InChI=1S/C20H17FN2O5/c1-11-17(18(23-20(25)22-11)13-4-2-3-5-14(13)21)19(24)26-9-12-6-7-15-16(8-12)28-10-27-15/h2-8,18H,9-10H2,1H3,(H2,22,23,25)/t18-/m1/s1. The van der Waals surface area contributed by atoms with Gasteiger partial charge in [0.1, 0.15) is 12.4 Å².